The van der Waals surface area contributed by atoms with Crippen LogP contribution < -0.4 is 10.2 Å². The molecule has 2 atom stereocenters. The number of piperidine rings is 1. The molecule has 3 nitrogen and oxygen atoms in total. The molecule has 1 fully saturated rings. The molecule has 1 N–H and O–H groups in total. The van der Waals surface area contributed by atoms with Crippen molar-refractivity contribution in [2.24, 2.45) is 0 Å². The van der Waals surface area contributed by atoms with Crippen molar-refractivity contribution in [3.8, 4) is 0 Å². The molecule has 2 rings (SSSR count). The van der Waals surface area contributed by atoms with Crippen LogP contribution in [-0.2, 0) is 0 Å². The number of nitrogens with one attached hydrogen (secondary N) is 1. The number of hydrogen-bond acceptors (Lipinski definition) is 3. The maximum absolute atomic E-state index is 4.20. The average molecular weight is 247 g/mol. The first-order valence-corrected chi connectivity index (χ1v) is 7.14. The highest BCUT2D eigenvalue weighted by atomic mass is 15.2. The van der Waals surface area contributed by atoms with Crippen LogP contribution in [0.1, 0.15) is 38.7 Å². The Morgan fingerprint density at radius 2 is 2.33 bits per heavy atom. The molecule has 0 bridgehead atoms. The standard InChI is InChI=1S/C15H25N3/c1-4-17-13(3)15-7-5-6-10-18(15)14-8-9-16-11-12(14)2/h8-9,11,13,15,17H,4-7,10H2,1-3H3. The van der Waals surface area contributed by atoms with Crippen LogP contribution in [0.4, 0.5) is 5.69 Å². The van der Waals surface area contributed by atoms with Gasteiger partial charge in [-0.2, -0.15) is 0 Å². The third kappa shape index (κ3) is 2.83. The Labute approximate surface area is 111 Å². The van der Waals surface area contributed by atoms with Crippen LogP contribution in [0.5, 0.6) is 0 Å². The number of aryl methyl sites for hydroxylation is 1. The summed E-state index contributed by atoms with van der Waals surface area (Å²) in [6.45, 7) is 8.86. The van der Waals surface area contributed by atoms with Gasteiger partial charge in [-0.05, 0) is 51.3 Å². The lowest BCUT2D eigenvalue weighted by molar-refractivity contribution is 0.372. The van der Waals surface area contributed by atoms with Crippen molar-refractivity contribution in [2.45, 2.75) is 52.1 Å². The van der Waals surface area contributed by atoms with E-state index >= 15 is 0 Å². The summed E-state index contributed by atoms with van der Waals surface area (Å²) in [6, 6.07) is 3.31. The molecule has 0 saturated carbocycles. The Balaban J connectivity index is 2.20. The van der Waals surface area contributed by atoms with E-state index in [0.29, 0.717) is 12.1 Å². The van der Waals surface area contributed by atoms with Crippen LogP contribution in [-0.4, -0.2) is 30.2 Å². The van der Waals surface area contributed by atoms with Gasteiger partial charge in [-0.1, -0.05) is 6.92 Å². The van der Waals surface area contributed by atoms with Crippen LogP contribution in [0.15, 0.2) is 18.5 Å². The highest BCUT2D eigenvalue weighted by Crippen LogP contribution is 2.28. The van der Waals surface area contributed by atoms with Crippen molar-refractivity contribution < 1.29 is 0 Å². The molecule has 18 heavy (non-hydrogen) atoms. The summed E-state index contributed by atoms with van der Waals surface area (Å²) in [4.78, 5) is 6.78. The van der Waals surface area contributed by atoms with Crippen LogP contribution >= 0.6 is 0 Å². The van der Waals surface area contributed by atoms with Crippen molar-refractivity contribution in [2.75, 3.05) is 18.0 Å². The molecule has 0 spiro atoms. The van der Waals surface area contributed by atoms with Crippen molar-refractivity contribution in [1.82, 2.24) is 10.3 Å². The summed E-state index contributed by atoms with van der Waals surface area (Å²) in [5.41, 5.74) is 2.65. The minimum absolute atomic E-state index is 0.544. The number of nitrogens with zero attached hydrogens (tertiary/aromatic N) is 2. The summed E-state index contributed by atoms with van der Waals surface area (Å²) in [6.07, 6.45) is 7.82. The van der Waals surface area contributed by atoms with Gasteiger partial charge in [-0.3, -0.25) is 4.98 Å². The van der Waals surface area contributed by atoms with Crippen molar-refractivity contribution in [1.29, 1.82) is 0 Å². The van der Waals surface area contributed by atoms with Crippen molar-refractivity contribution in [3.05, 3.63) is 24.0 Å². The Bertz CT molecular complexity index is 378. The van der Waals surface area contributed by atoms with Gasteiger partial charge in [0.2, 0.25) is 0 Å². The molecule has 0 aliphatic carbocycles. The molecule has 1 saturated heterocycles. The quantitative estimate of drug-likeness (QED) is 0.886. The second-order valence-corrected chi connectivity index (χ2v) is 5.27. The fraction of sp³-hybridized carbons (Fsp3) is 0.667. The van der Waals surface area contributed by atoms with Gasteiger partial charge in [0.1, 0.15) is 0 Å². The van der Waals surface area contributed by atoms with E-state index in [-0.39, 0.29) is 0 Å². The lowest BCUT2D eigenvalue weighted by Gasteiger charge is -2.41. The molecular weight excluding hydrogens is 222 g/mol. The molecular formula is C15H25N3. The molecule has 1 aromatic rings. The predicted octanol–water partition coefficient (Wildman–Crippen LogP) is 2.75. The summed E-state index contributed by atoms with van der Waals surface area (Å²) < 4.78 is 0. The van der Waals surface area contributed by atoms with E-state index in [2.05, 4.69) is 42.0 Å². The maximum atomic E-state index is 4.20. The zero-order valence-electron chi connectivity index (χ0n) is 11.8. The molecule has 0 amide bonds. The fourth-order valence-corrected chi connectivity index (χ4v) is 3.02. The molecule has 2 unspecified atom stereocenters. The molecule has 3 heteroatoms. The van der Waals surface area contributed by atoms with Gasteiger partial charge < -0.3 is 10.2 Å². The van der Waals surface area contributed by atoms with Crippen LogP contribution in [0.25, 0.3) is 0 Å². The zero-order valence-corrected chi connectivity index (χ0v) is 11.8. The normalized spacial score (nSPS) is 21.9. The SMILES string of the molecule is CCNC(C)C1CCCCN1c1ccncc1C. The third-order valence-corrected chi connectivity index (χ3v) is 3.95. The maximum Gasteiger partial charge on any atom is 0.0440 e. The van der Waals surface area contributed by atoms with Gasteiger partial charge in [0.15, 0.2) is 0 Å². The van der Waals surface area contributed by atoms with Gasteiger partial charge in [0.25, 0.3) is 0 Å². The molecule has 100 valence electrons. The second-order valence-electron chi connectivity index (χ2n) is 5.27. The van der Waals surface area contributed by atoms with Crippen molar-refractivity contribution in [3.63, 3.8) is 0 Å². The number of anilines is 1. The number of hydrogen-bond donors (Lipinski definition) is 1. The number of likely N-dealkylation sites (N-methyl/N-ethyl adjacent to an activating group) is 1. The number of aromatic nitrogens is 1. The van der Waals surface area contributed by atoms with E-state index < -0.39 is 0 Å². The monoisotopic (exact) mass is 247 g/mol. The highest BCUT2D eigenvalue weighted by molar-refractivity contribution is 5.53. The van der Waals surface area contributed by atoms with E-state index in [4.69, 9.17) is 0 Å². The van der Waals surface area contributed by atoms with E-state index in [0.717, 1.165) is 6.54 Å². The topological polar surface area (TPSA) is 28.2 Å². The van der Waals surface area contributed by atoms with Gasteiger partial charge in [0.05, 0.1) is 0 Å². The van der Waals surface area contributed by atoms with E-state index in [9.17, 15) is 0 Å². The Kier molecular flexibility index (Phi) is 4.59. The third-order valence-electron chi connectivity index (χ3n) is 3.95. The number of pyridine rings is 1. The highest BCUT2D eigenvalue weighted by Gasteiger charge is 2.27. The first-order chi connectivity index (χ1) is 8.74. The lowest BCUT2D eigenvalue weighted by atomic mass is 9.95. The van der Waals surface area contributed by atoms with Crippen molar-refractivity contribution >= 4 is 5.69 Å². The summed E-state index contributed by atoms with van der Waals surface area (Å²) in [7, 11) is 0. The Hall–Kier alpha value is -1.09. The minimum atomic E-state index is 0.544. The van der Waals surface area contributed by atoms with Crippen LogP contribution in [0.2, 0.25) is 0 Å². The summed E-state index contributed by atoms with van der Waals surface area (Å²) >= 11 is 0. The molecule has 2 heterocycles. The predicted molar refractivity (Wildman–Crippen MR) is 77.1 cm³/mol. The minimum Gasteiger partial charge on any atom is -0.367 e. The molecule has 1 aliphatic rings. The Morgan fingerprint density at radius 1 is 1.50 bits per heavy atom. The largest absolute Gasteiger partial charge is 0.367 e. The van der Waals surface area contributed by atoms with E-state index in [1.54, 1.807) is 0 Å². The smallest absolute Gasteiger partial charge is 0.0440 e. The van der Waals surface area contributed by atoms with E-state index in [1.165, 1.54) is 37.1 Å². The second kappa shape index (κ2) is 6.19. The molecule has 1 aromatic heterocycles. The summed E-state index contributed by atoms with van der Waals surface area (Å²) in [5, 5.41) is 3.58. The van der Waals surface area contributed by atoms with Gasteiger partial charge in [0, 0.05) is 36.7 Å². The molecule has 0 aromatic carbocycles. The molecule has 1 aliphatic heterocycles. The lowest BCUT2D eigenvalue weighted by Crippen LogP contribution is -2.51. The average Bonchev–Trinajstić information content (AvgIpc) is 2.40. The molecule has 0 radical (unpaired) electrons. The first-order valence-electron chi connectivity index (χ1n) is 7.14. The van der Waals surface area contributed by atoms with Crippen LogP contribution in [0.3, 0.4) is 0 Å². The van der Waals surface area contributed by atoms with E-state index in [1.807, 2.05) is 12.4 Å². The van der Waals surface area contributed by atoms with Gasteiger partial charge >= 0.3 is 0 Å². The zero-order chi connectivity index (χ0) is 13.0. The Morgan fingerprint density at radius 3 is 3.06 bits per heavy atom. The van der Waals surface area contributed by atoms with Gasteiger partial charge in [-0.15, -0.1) is 0 Å². The number of rotatable bonds is 4. The van der Waals surface area contributed by atoms with Crippen LogP contribution in [0, 0.1) is 6.92 Å². The fourth-order valence-electron chi connectivity index (χ4n) is 3.02. The summed E-state index contributed by atoms with van der Waals surface area (Å²) in [5.74, 6) is 0. The van der Waals surface area contributed by atoms with Gasteiger partial charge in [-0.25, -0.2) is 0 Å². The first kappa shape index (κ1) is 13.3.